The van der Waals surface area contributed by atoms with Crippen molar-refractivity contribution in [2.24, 2.45) is 0 Å². The fourth-order valence-corrected chi connectivity index (χ4v) is 0.390. The van der Waals surface area contributed by atoms with Gasteiger partial charge in [0.1, 0.15) is 0 Å². The highest BCUT2D eigenvalue weighted by Gasteiger charge is 1.69. The Morgan fingerprint density at radius 1 is 1.38 bits per heavy atom. The zero-order valence-electron chi connectivity index (χ0n) is 5.59. The van der Waals surface area contributed by atoms with E-state index in [1.807, 2.05) is 26.3 Å². The van der Waals surface area contributed by atoms with Crippen molar-refractivity contribution in [1.82, 2.24) is 0 Å². The Morgan fingerprint density at radius 3 is 2.62 bits per heavy atom. The molecule has 0 nitrogen and oxygen atoms in total. The van der Waals surface area contributed by atoms with Gasteiger partial charge in [-0.05, 0) is 13.3 Å². The van der Waals surface area contributed by atoms with Gasteiger partial charge < -0.3 is 0 Å². The van der Waals surface area contributed by atoms with Crippen LogP contribution in [0.1, 0.15) is 20.3 Å². The minimum atomic E-state index is 1.12. The first-order chi connectivity index (χ1) is 3.91. The Bertz CT molecular complexity index is 82.4. The summed E-state index contributed by atoms with van der Waals surface area (Å²) in [6, 6.07) is 0. The first-order valence-electron chi connectivity index (χ1n) is 3.03. The summed E-state index contributed by atoms with van der Waals surface area (Å²) in [4.78, 5) is 0. The molecule has 0 fully saturated rings. The highest BCUT2D eigenvalue weighted by Crippen LogP contribution is 1.77. The molecular formula is C7H12B. The number of allylic oxidation sites excluding steroid dienone is 2. The summed E-state index contributed by atoms with van der Waals surface area (Å²) in [6.07, 6.45) is 5.26. The normalized spacial score (nSPS) is 11.2. The summed E-state index contributed by atoms with van der Waals surface area (Å²) in [5, 5.41) is 0. The average molecular weight is 107 g/mol. The van der Waals surface area contributed by atoms with E-state index in [2.05, 4.69) is 19.0 Å². The topological polar surface area (TPSA) is 0 Å². The van der Waals surface area contributed by atoms with Crippen LogP contribution < -0.4 is 0 Å². The van der Waals surface area contributed by atoms with Gasteiger partial charge in [-0.3, -0.25) is 0 Å². The van der Waals surface area contributed by atoms with Crippen LogP contribution in [0, 0.1) is 0 Å². The highest BCUT2D eigenvalue weighted by molar-refractivity contribution is 6.48. The van der Waals surface area contributed by atoms with Crippen LogP contribution in [0.25, 0.3) is 0 Å². The number of hydrogen-bond acceptors (Lipinski definition) is 0. The number of rotatable bonds is 3. The van der Waals surface area contributed by atoms with E-state index in [9.17, 15) is 0 Å². The monoisotopic (exact) mass is 107 g/mol. The molecule has 1 heteroatoms. The van der Waals surface area contributed by atoms with Gasteiger partial charge >= 0.3 is 0 Å². The van der Waals surface area contributed by atoms with Crippen molar-refractivity contribution in [3.05, 3.63) is 24.1 Å². The molecule has 0 N–H and O–H groups in total. The lowest BCUT2D eigenvalue weighted by Gasteiger charge is -1.74. The van der Waals surface area contributed by atoms with E-state index in [1.165, 1.54) is 0 Å². The number of hydrogen-bond donors (Lipinski definition) is 0. The maximum absolute atomic E-state index is 2.12. The third kappa shape index (κ3) is 5.54. The molecule has 0 aromatic rings. The van der Waals surface area contributed by atoms with E-state index in [4.69, 9.17) is 0 Å². The van der Waals surface area contributed by atoms with Crippen LogP contribution >= 0.6 is 0 Å². The van der Waals surface area contributed by atoms with E-state index in [0.29, 0.717) is 0 Å². The first kappa shape index (κ1) is 7.54. The standard InChI is InChI=1S/C7H12B/c1-3-5-7-8-6-4-2/h4-7H,3H2,1-2H3/b6-4-,7-5-. The van der Waals surface area contributed by atoms with Gasteiger partial charge in [0.15, 0.2) is 7.28 Å². The molecule has 8 heavy (non-hydrogen) atoms. The molecule has 0 amide bonds. The smallest absolute Gasteiger partial charge is 0.121 e. The molecule has 0 aliphatic heterocycles. The molecule has 0 aliphatic rings. The van der Waals surface area contributed by atoms with Gasteiger partial charge in [0.2, 0.25) is 0 Å². The Kier molecular flexibility index (Phi) is 6.17. The lowest BCUT2D eigenvalue weighted by Crippen LogP contribution is -1.73. The molecule has 0 spiro atoms. The molecule has 0 saturated carbocycles. The fraction of sp³-hybridized carbons (Fsp3) is 0.429. The van der Waals surface area contributed by atoms with Gasteiger partial charge in [-0.2, -0.15) is 0 Å². The van der Waals surface area contributed by atoms with Crippen molar-refractivity contribution in [1.29, 1.82) is 0 Å². The molecule has 0 heterocycles. The van der Waals surface area contributed by atoms with E-state index in [0.717, 1.165) is 6.42 Å². The van der Waals surface area contributed by atoms with Crippen LogP contribution in [-0.4, -0.2) is 7.28 Å². The molecule has 0 aromatic heterocycles. The van der Waals surface area contributed by atoms with Crippen LogP contribution in [0.5, 0.6) is 0 Å². The Labute approximate surface area is 52.5 Å². The van der Waals surface area contributed by atoms with Crippen LogP contribution in [0.3, 0.4) is 0 Å². The van der Waals surface area contributed by atoms with E-state index < -0.39 is 0 Å². The summed E-state index contributed by atoms with van der Waals surface area (Å²) in [7, 11) is 2.03. The second-order valence-electron chi connectivity index (χ2n) is 1.55. The molecule has 43 valence electrons. The quantitative estimate of drug-likeness (QED) is 0.484. The molecule has 0 saturated heterocycles. The van der Waals surface area contributed by atoms with Gasteiger partial charge in [0.05, 0.1) is 0 Å². The molecular weight excluding hydrogens is 94.9 g/mol. The summed E-state index contributed by atoms with van der Waals surface area (Å²) < 4.78 is 0. The summed E-state index contributed by atoms with van der Waals surface area (Å²) in [5.41, 5.74) is 0. The van der Waals surface area contributed by atoms with Crippen LogP contribution in [0.2, 0.25) is 0 Å². The van der Waals surface area contributed by atoms with E-state index >= 15 is 0 Å². The minimum Gasteiger partial charge on any atom is -0.121 e. The van der Waals surface area contributed by atoms with Gasteiger partial charge in [-0.25, -0.2) is 0 Å². The predicted molar refractivity (Wildman–Crippen MR) is 40.0 cm³/mol. The minimum absolute atomic E-state index is 1.12. The van der Waals surface area contributed by atoms with Gasteiger partial charge in [-0.1, -0.05) is 13.0 Å². The van der Waals surface area contributed by atoms with E-state index in [-0.39, 0.29) is 0 Å². The second kappa shape index (κ2) is 6.54. The molecule has 0 atom stereocenters. The second-order valence-corrected chi connectivity index (χ2v) is 1.55. The van der Waals surface area contributed by atoms with Crippen LogP contribution in [0.15, 0.2) is 24.1 Å². The summed E-state index contributed by atoms with van der Waals surface area (Å²) in [5.74, 6) is 4.08. The fourth-order valence-electron chi connectivity index (χ4n) is 0.390. The van der Waals surface area contributed by atoms with Crippen molar-refractivity contribution in [3.8, 4) is 0 Å². The van der Waals surface area contributed by atoms with Crippen molar-refractivity contribution in [3.63, 3.8) is 0 Å². The summed E-state index contributed by atoms with van der Waals surface area (Å²) >= 11 is 0. The molecule has 0 rings (SSSR count). The van der Waals surface area contributed by atoms with Gasteiger partial charge in [-0.15, -0.1) is 18.0 Å². The lowest BCUT2D eigenvalue weighted by atomic mass is 9.78. The molecule has 1 radical (unpaired) electrons. The van der Waals surface area contributed by atoms with Crippen molar-refractivity contribution < 1.29 is 0 Å². The van der Waals surface area contributed by atoms with Crippen molar-refractivity contribution in [2.45, 2.75) is 20.3 Å². The van der Waals surface area contributed by atoms with Gasteiger partial charge in [0.25, 0.3) is 0 Å². The molecule has 0 aliphatic carbocycles. The molecule has 0 bridgehead atoms. The third-order valence-corrected chi connectivity index (χ3v) is 0.786. The Hall–Kier alpha value is -0.455. The van der Waals surface area contributed by atoms with Crippen molar-refractivity contribution in [2.75, 3.05) is 0 Å². The molecule has 0 unspecified atom stereocenters. The largest absolute Gasteiger partial charge is 0.170 e. The molecule has 0 aromatic carbocycles. The maximum Gasteiger partial charge on any atom is 0.170 e. The zero-order valence-corrected chi connectivity index (χ0v) is 5.59. The van der Waals surface area contributed by atoms with E-state index in [1.54, 1.807) is 0 Å². The first-order valence-corrected chi connectivity index (χ1v) is 3.03. The average Bonchev–Trinajstić information content (AvgIpc) is 1.81. The summed E-state index contributed by atoms with van der Waals surface area (Å²) in [6.45, 7) is 4.14. The maximum atomic E-state index is 2.12. The Morgan fingerprint density at radius 2 is 2.12 bits per heavy atom. The van der Waals surface area contributed by atoms with Crippen molar-refractivity contribution >= 4 is 7.28 Å². The van der Waals surface area contributed by atoms with Crippen LogP contribution in [-0.2, 0) is 0 Å². The predicted octanol–water partition coefficient (Wildman–Crippen LogP) is 2.15. The van der Waals surface area contributed by atoms with Crippen LogP contribution in [0.4, 0.5) is 0 Å². The zero-order chi connectivity index (χ0) is 6.24. The lowest BCUT2D eigenvalue weighted by molar-refractivity contribution is 1.23. The SMILES string of the molecule is C/C=C\[B]/C=C\CC. The highest BCUT2D eigenvalue weighted by atomic mass is 13.6. The third-order valence-electron chi connectivity index (χ3n) is 0.786. The van der Waals surface area contributed by atoms with Gasteiger partial charge in [0, 0.05) is 0 Å². The Balaban J connectivity index is 3.03.